The van der Waals surface area contributed by atoms with E-state index in [2.05, 4.69) is 5.32 Å². The summed E-state index contributed by atoms with van der Waals surface area (Å²) in [5.41, 5.74) is 0.912. The van der Waals surface area contributed by atoms with Gasteiger partial charge in [0.1, 0.15) is 6.42 Å². The molecule has 2 rings (SSSR count). The van der Waals surface area contributed by atoms with Crippen LogP contribution in [0.2, 0.25) is 0 Å². The van der Waals surface area contributed by atoms with Gasteiger partial charge in [0.25, 0.3) is 0 Å². The van der Waals surface area contributed by atoms with E-state index in [9.17, 15) is 22.8 Å². The maximum Gasteiger partial charge on any atom is 0.233 e. The highest BCUT2D eigenvalue weighted by Crippen LogP contribution is 2.19. The van der Waals surface area contributed by atoms with Crippen molar-refractivity contribution in [3.8, 4) is 0 Å². The number of halogens is 3. The molecule has 0 heterocycles. The third-order valence-corrected chi connectivity index (χ3v) is 2.93. The molecule has 0 unspecified atom stereocenters. The van der Waals surface area contributed by atoms with Gasteiger partial charge in [0.15, 0.2) is 17.5 Å². The van der Waals surface area contributed by atoms with Gasteiger partial charge in [0.05, 0.1) is 5.69 Å². The van der Waals surface area contributed by atoms with E-state index >= 15 is 0 Å². The van der Waals surface area contributed by atoms with Crippen molar-refractivity contribution in [2.45, 2.75) is 13.3 Å². The Kier molecular flexibility index (Phi) is 5.00. The van der Waals surface area contributed by atoms with Crippen LogP contribution in [-0.4, -0.2) is 11.8 Å². The molecular weight excluding hydrogens is 309 g/mol. The van der Waals surface area contributed by atoms with E-state index in [1.165, 1.54) is 0 Å². The molecule has 2 aromatic carbocycles. The van der Waals surface area contributed by atoms with Crippen molar-refractivity contribution >= 4 is 23.2 Å². The number of nitrogens with one attached hydrogen (secondary N) is 2. The Labute approximate surface area is 130 Å². The highest BCUT2D eigenvalue weighted by molar-refractivity contribution is 6.08. The molecule has 2 aromatic rings. The lowest BCUT2D eigenvalue weighted by Crippen LogP contribution is -2.22. The van der Waals surface area contributed by atoms with Gasteiger partial charge in [-0.3, -0.25) is 9.59 Å². The Hall–Kier alpha value is -2.83. The lowest BCUT2D eigenvalue weighted by Gasteiger charge is -2.08. The van der Waals surface area contributed by atoms with Crippen molar-refractivity contribution in [3.05, 3.63) is 59.4 Å². The fourth-order valence-corrected chi connectivity index (χ4v) is 1.89. The smallest absolute Gasteiger partial charge is 0.233 e. The van der Waals surface area contributed by atoms with Crippen LogP contribution in [0.4, 0.5) is 24.5 Å². The molecule has 0 saturated heterocycles. The number of rotatable bonds is 4. The van der Waals surface area contributed by atoms with Crippen LogP contribution in [0.1, 0.15) is 12.0 Å². The number of amides is 2. The van der Waals surface area contributed by atoms with Gasteiger partial charge in [-0.1, -0.05) is 12.1 Å². The van der Waals surface area contributed by atoms with E-state index in [0.29, 0.717) is 11.8 Å². The number of carbonyl (C=O) groups excluding carboxylic acids is 2. The molecule has 0 atom stereocenters. The molecule has 0 radical (unpaired) electrons. The second-order valence-electron chi connectivity index (χ2n) is 4.87. The molecule has 23 heavy (non-hydrogen) atoms. The van der Waals surface area contributed by atoms with Gasteiger partial charge in [-0.15, -0.1) is 0 Å². The van der Waals surface area contributed by atoms with E-state index in [1.807, 2.05) is 18.3 Å². The summed E-state index contributed by atoms with van der Waals surface area (Å²) in [7, 11) is 0. The van der Waals surface area contributed by atoms with Crippen LogP contribution in [0.5, 0.6) is 0 Å². The van der Waals surface area contributed by atoms with Crippen LogP contribution in [0, 0.1) is 24.4 Å². The molecule has 7 heteroatoms. The van der Waals surface area contributed by atoms with Gasteiger partial charge in [0, 0.05) is 5.69 Å². The topological polar surface area (TPSA) is 58.2 Å². The SMILES string of the molecule is Cc1cccc(NC(=O)CC(=O)Nc2ccc(F)c(F)c2F)c1. The maximum atomic E-state index is 13.4. The summed E-state index contributed by atoms with van der Waals surface area (Å²) in [6.07, 6.45) is -0.591. The van der Waals surface area contributed by atoms with Crippen LogP contribution in [0.15, 0.2) is 36.4 Å². The Morgan fingerprint density at radius 3 is 2.35 bits per heavy atom. The van der Waals surface area contributed by atoms with Crippen molar-refractivity contribution in [2.24, 2.45) is 0 Å². The first kappa shape index (κ1) is 16.5. The Bertz CT molecular complexity index is 763. The normalized spacial score (nSPS) is 10.3. The average molecular weight is 322 g/mol. The summed E-state index contributed by atoms with van der Waals surface area (Å²) in [6, 6.07) is 8.50. The molecule has 2 amide bonds. The minimum atomic E-state index is -1.69. The Morgan fingerprint density at radius 2 is 1.65 bits per heavy atom. The molecule has 0 bridgehead atoms. The number of anilines is 2. The summed E-state index contributed by atoms with van der Waals surface area (Å²) >= 11 is 0. The summed E-state index contributed by atoms with van der Waals surface area (Å²) in [6.45, 7) is 1.84. The van der Waals surface area contributed by atoms with Crippen LogP contribution in [0.25, 0.3) is 0 Å². The van der Waals surface area contributed by atoms with Crippen LogP contribution in [-0.2, 0) is 9.59 Å². The zero-order chi connectivity index (χ0) is 17.0. The highest BCUT2D eigenvalue weighted by Gasteiger charge is 2.16. The molecule has 2 N–H and O–H groups in total. The summed E-state index contributed by atoms with van der Waals surface area (Å²) in [5.74, 6) is -6.03. The van der Waals surface area contributed by atoms with Crippen LogP contribution < -0.4 is 10.6 Å². The van der Waals surface area contributed by atoms with E-state index in [0.717, 1.165) is 11.6 Å². The van der Waals surface area contributed by atoms with E-state index in [-0.39, 0.29) is 0 Å². The fraction of sp³-hybridized carbons (Fsp3) is 0.125. The zero-order valence-electron chi connectivity index (χ0n) is 12.1. The van der Waals surface area contributed by atoms with Gasteiger partial charge in [-0.25, -0.2) is 13.2 Å². The summed E-state index contributed by atoms with van der Waals surface area (Å²) in [5, 5.41) is 4.53. The summed E-state index contributed by atoms with van der Waals surface area (Å²) in [4.78, 5) is 23.4. The van der Waals surface area contributed by atoms with Crippen molar-refractivity contribution < 1.29 is 22.8 Å². The van der Waals surface area contributed by atoms with E-state index in [4.69, 9.17) is 0 Å². The summed E-state index contributed by atoms with van der Waals surface area (Å²) < 4.78 is 39.3. The van der Waals surface area contributed by atoms with E-state index in [1.54, 1.807) is 18.2 Å². The Morgan fingerprint density at radius 1 is 0.957 bits per heavy atom. The van der Waals surface area contributed by atoms with Crippen molar-refractivity contribution in [1.82, 2.24) is 0 Å². The first-order chi connectivity index (χ1) is 10.9. The second kappa shape index (κ2) is 6.95. The van der Waals surface area contributed by atoms with Crippen LogP contribution in [0.3, 0.4) is 0 Å². The monoisotopic (exact) mass is 322 g/mol. The minimum Gasteiger partial charge on any atom is -0.326 e. The van der Waals surface area contributed by atoms with Gasteiger partial charge >= 0.3 is 0 Å². The number of hydrogen-bond acceptors (Lipinski definition) is 2. The van der Waals surface area contributed by atoms with Crippen LogP contribution >= 0.6 is 0 Å². The third-order valence-electron chi connectivity index (χ3n) is 2.93. The van der Waals surface area contributed by atoms with E-state index < -0.39 is 41.4 Å². The van der Waals surface area contributed by atoms with Gasteiger partial charge in [0.2, 0.25) is 11.8 Å². The zero-order valence-corrected chi connectivity index (χ0v) is 12.1. The standard InChI is InChI=1S/C16H13F3N2O2/c1-9-3-2-4-10(7-9)20-13(22)8-14(23)21-12-6-5-11(17)15(18)16(12)19/h2-7H,8H2,1H3,(H,20,22)(H,21,23). The van der Waals surface area contributed by atoms with Gasteiger partial charge in [-0.05, 0) is 36.8 Å². The van der Waals surface area contributed by atoms with Crippen molar-refractivity contribution in [2.75, 3.05) is 10.6 Å². The lowest BCUT2D eigenvalue weighted by molar-refractivity contribution is -0.123. The molecule has 0 aliphatic heterocycles. The predicted molar refractivity (Wildman–Crippen MR) is 79.4 cm³/mol. The third kappa shape index (κ3) is 4.32. The van der Waals surface area contributed by atoms with Gasteiger partial charge in [-0.2, -0.15) is 0 Å². The lowest BCUT2D eigenvalue weighted by atomic mass is 10.2. The molecule has 0 aromatic heterocycles. The molecule has 0 fully saturated rings. The quantitative estimate of drug-likeness (QED) is 0.670. The molecule has 0 aliphatic rings. The number of aryl methyl sites for hydroxylation is 1. The van der Waals surface area contributed by atoms with Crippen molar-refractivity contribution in [3.63, 3.8) is 0 Å². The minimum absolute atomic E-state index is 0.516. The first-order valence-corrected chi connectivity index (χ1v) is 6.66. The fourth-order valence-electron chi connectivity index (χ4n) is 1.89. The molecule has 0 saturated carbocycles. The molecule has 4 nitrogen and oxygen atoms in total. The number of carbonyl (C=O) groups is 2. The predicted octanol–water partition coefficient (Wildman–Crippen LogP) is 3.38. The largest absolute Gasteiger partial charge is 0.326 e. The van der Waals surface area contributed by atoms with Crippen molar-refractivity contribution in [1.29, 1.82) is 0 Å². The number of benzene rings is 2. The first-order valence-electron chi connectivity index (χ1n) is 6.66. The Balaban J connectivity index is 1.97. The number of hydrogen-bond donors (Lipinski definition) is 2. The molecule has 0 aliphatic carbocycles. The highest BCUT2D eigenvalue weighted by atomic mass is 19.2. The van der Waals surface area contributed by atoms with Gasteiger partial charge < -0.3 is 10.6 Å². The molecule has 120 valence electrons. The average Bonchev–Trinajstić information content (AvgIpc) is 2.47. The maximum absolute atomic E-state index is 13.4. The second-order valence-corrected chi connectivity index (χ2v) is 4.87. The molecular formula is C16H13F3N2O2. The molecule has 0 spiro atoms.